The number of thioether (sulfide) groups is 1. The molecule has 0 radical (unpaired) electrons. The van der Waals surface area contributed by atoms with Crippen LogP contribution in [0.4, 0.5) is 0 Å². The van der Waals surface area contributed by atoms with Crippen molar-refractivity contribution in [2.75, 3.05) is 13.7 Å². The molecule has 1 atom stereocenters. The number of benzene rings is 1. The summed E-state index contributed by atoms with van der Waals surface area (Å²) in [7, 11) is 1.74. The van der Waals surface area contributed by atoms with Crippen molar-refractivity contribution in [1.29, 1.82) is 0 Å². The maximum Gasteiger partial charge on any atom is 0.122 e. The third-order valence-corrected chi connectivity index (χ3v) is 5.55. The van der Waals surface area contributed by atoms with E-state index in [-0.39, 0.29) is 0 Å². The number of methoxy groups -OCH3 is 1. The van der Waals surface area contributed by atoms with Gasteiger partial charge in [0.15, 0.2) is 0 Å². The van der Waals surface area contributed by atoms with Crippen molar-refractivity contribution in [3.05, 3.63) is 46.8 Å². The first-order valence-corrected chi connectivity index (χ1v) is 9.17. The standard InChI is InChI=1S/C17H23NOS2/c1-4-9-18-13(2)14-7-8-16(19-3)15(11-14)12-21-17-6-5-10-20-17/h5-8,10-11,13,18H,4,9,12H2,1-3H3. The Morgan fingerprint density at radius 1 is 1.33 bits per heavy atom. The fourth-order valence-corrected chi connectivity index (χ4v) is 3.92. The van der Waals surface area contributed by atoms with Crippen LogP contribution in [0.1, 0.15) is 37.4 Å². The number of hydrogen-bond donors (Lipinski definition) is 1. The highest BCUT2D eigenvalue weighted by atomic mass is 32.2. The van der Waals surface area contributed by atoms with Gasteiger partial charge in [-0.15, -0.1) is 23.1 Å². The van der Waals surface area contributed by atoms with Gasteiger partial charge in [-0.3, -0.25) is 0 Å². The lowest BCUT2D eigenvalue weighted by atomic mass is 10.0. The molecule has 0 spiro atoms. The summed E-state index contributed by atoms with van der Waals surface area (Å²) in [5, 5.41) is 5.66. The highest BCUT2D eigenvalue weighted by molar-refractivity contribution is 8.00. The molecule has 0 aliphatic heterocycles. The molecule has 0 amide bonds. The quantitative estimate of drug-likeness (QED) is 0.683. The van der Waals surface area contributed by atoms with E-state index >= 15 is 0 Å². The molecule has 0 saturated heterocycles. The lowest BCUT2D eigenvalue weighted by Crippen LogP contribution is -2.19. The summed E-state index contributed by atoms with van der Waals surface area (Å²) in [5.74, 6) is 1.92. The van der Waals surface area contributed by atoms with Crippen LogP contribution in [0.2, 0.25) is 0 Å². The van der Waals surface area contributed by atoms with E-state index in [4.69, 9.17) is 4.74 Å². The normalized spacial score (nSPS) is 12.3. The second-order valence-electron chi connectivity index (χ2n) is 4.97. The van der Waals surface area contributed by atoms with Crippen LogP contribution in [-0.4, -0.2) is 13.7 Å². The molecule has 1 aromatic carbocycles. The van der Waals surface area contributed by atoms with Gasteiger partial charge in [0.25, 0.3) is 0 Å². The van der Waals surface area contributed by atoms with Crippen LogP contribution in [0.15, 0.2) is 39.9 Å². The van der Waals surface area contributed by atoms with Gasteiger partial charge in [-0.05, 0) is 49.0 Å². The SMILES string of the molecule is CCCNC(C)c1ccc(OC)c(CSc2cccs2)c1. The first kappa shape index (κ1) is 16.4. The molecule has 0 aliphatic carbocycles. The predicted molar refractivity (Wildman–Crippen MR) is 93.6 cm³/mol. The monoisotopic (exact) mass is 321 g/mol. The second kappa shape index (κ2) is 8.47. The molecule has 1 unspecified atom stereocenters. The van der Waals surface area contributed by atoms with Crippen molar-refractivity contribution < 1.29 is 4.74 Å². The Labute approximate surface area is 135 Å². The Balaban J connectivity index is 2.09. The molecule has 1 heterocycles. The molecule has 0 aliphatic rings. The molecule has 4 heteroatoms. The van der Waals surface area contributed by atoms with Crippen LogP contribution in [0.3, 0.4) is 0 Å². The van der Waals surface area contributed by atoms with E-state index in [1.807, 2.05) is 11.8 Å². The fourth-order valence-electron chi connectivity index (χ4n) is 2.15. The number of rotatable bonds is 8. The average molecular weight is 322 g/mol. The highest BCUT2D eigenvalue weighted by Gasteiger charge is 2.10. The van der Waals surface area contributed by atoms with Gasteiger partial charge in [0.1, 0.15) is 5.75 Å². The van der Waals surface area contributed by atoms with Crippen molar-refractivity contribution in [2.45, 2.75) is 36.3 Å². The lowest BCUT2D eigenvalue weighted by molar-refractivity contribution is 0.411. The molecule has 1 aromatic heterocycles. The minimum atomic E-state index is 0.376. The smallest absolute Gasteiger partial charge is 0.122 e. The summed E-state index contributed by atoms with van der Waals surface area (Å²) < 4.78 is 6.85. The number of hydrogen-bond acceptors (Lipinski definition) is 4. The van der Waals surface area contributed by atoms with E-state index in [2.05, 4.69) is 54.9 Å². The van der Waals surface area contributed by atoms with Crippen molar-refractivity contribution >= 4 is 23.1 Å². The van der Waals surface area contributed by atoms with E-state index in [0.717, 1.165) is 24.5 Å². The zero-order chi connectivity index (χ0) is 15.1. The molecule has 0 saturated carbocycles. The average Bonchev–Trinajstić information content (AvgIpc) is 3.03. The zero-order valence-corrected chi connectivity index (χ0v) is 14.5. The van der Waals surface area contributed by atoms with E-state index < -0.39 is 0 Å². The molecule has 0 fully saturated rings. The first-order chi connectivity index (χ1) is 10.2. The predicted octanol–water partition coefficient (Wildman–Crippen LogP) is 5.11. The minimum absolute atomic E-state index is 0.376. The van der Waals surface area contributed by atoms with Crippen molar-refractivity contribution in [3.8, 4) is 5.75 Å². The van der Waals surface area contributed by atoms with E-state index in [9.17, 15) is 0 Å². The van der Waals surface area contributed by atoms with Gasteiger partial charge < -0.3 is 10.1 Å². The third-order valence-electron chi connectivity index (χ3n) is 3.37. The number of ether oxygens (including phenoxy) is 1. The van der Waals surface area contributed by atoms with Crippen molar-refractivity contribution in [3.63, 3.8) is 0 Å². The van der Waals surface area contributed by atoms with E-state index in [1.165, 1.54) is 15.3 Å². The van der Waals surface area contributed by atoms with Crippen LogP contribution in [0, 0.1) is 0 Å². The molecule has 0 bridgehead atoms. The Morgan fingerprint density at radius 2 is 2.19 bits per heavy atom. The van der Waals surface area contributed by atoms with Crippen molar-refractivity contribution in [1.82, 2.24) is 5.32 Å². The van der Waals surface area contributed by atoms with Gasteiger partial charge in [0, 0.05) is 17.4 Å². The highest BCUT2D eigenvalue weighted by Crippen LogP contribution is 2.32. The molecular formula is C17H23NOS2. The van der Waals surface area contributed by atoms with Crippen LogP contribution in [0.25, 0.3) is 0 Å². The molecule has 2 rings (SSSR count). The maximum absolute atomic E-state index is 5.50. The Kier molecular flexibility index (Phi) is 6.61. The molecule has 2 nitrogen and oxygen atoms in total. The maximum atomic E-state index is 5.50. The topological polar surface area (TPSA) is 21.3 Å². The first-order valence-electron chi connectivity index (χ1n) is 7.31. The summed E-state index contributed by atoms with van der Waals surface area (Å²) in [6, 6.07) is 11.2. The number of thiophene rings is 1. The van der Waals surface area contributed by atoms with Gasteiger partial charge >= 0.3 is 0 Å². The van der Waals surface area contributed by atoms with Crippen LogP contribution in [-0.2, 0) is 5.75 Å². The van der Waals surface area contributed by atoms with Crippen LogP contribution < -0.4 is 10.1 Å². The lowest BCUT2D eigenvalue weighted by Gasteiger charge is -2.16. The Hall–Kier alpha value is -0.970. The zero-order valence-electron chi connectivity index (χ0n) is 12.9. The van der Waals surface area contributed by atoms with E-state index in [1.54, 1.807) is 18.4 Å². The van der Waals surface area contributed by atoms with Gasteiger partial charge in [-0.1, -0.05) is 19.1 Å². The Morgan fingerprint density at radius 3 is 2.86 bits per heavy atom. The number of nitrogens with one attached hydrogen (secondary N) is 1. The van der Waals surface area contributed by atoms with Gasteiger partial charge in [0.05, 0.1) is 11.3 Å². The largest absolute Gasteiger partial charge is 0.496 e. The summed E-state index contributed by atoms with van der Waals surface area (Å²) >= 11 is 3.65. The Bertz CT molecular complexity index is 540. The second-order valence-corrected chi connectivity index (χ2v) is 7.19. The molecule has 1 N–H and O–H groups in total. The van der Waals surface area contributed by atoms with Gasteiger partial charge in [-0.2, -0.15) is 0 Å². The van der Waals surface area contributed by atoms with E-state index in [0.29, 0.717) is 6.04 Å². The van der Waals surface area contributed by atoms with Crippen LogP contribution in [0.5, 0.6) is 5.75 Å². The molecule has 2 aromatic rings. The van der Waals surface area contributed by atoms with Gasteiger partial charge in [0.2, 0.25) is 0 Å². The minimum Gasteiger partial charge on any atom is -0.496 e. The summed E-state index contributed by atoms with van der Waals surface area (Å²) in [4.78, 5) is 0. The molecule has 114 valence electrons. The van der Waals surface area contributed by atoms with Crippen LogP contribution >= 0.6 is 23.1 Å². The summed E-state index contributed by atoms with van der Waals surface area (Å²) in [6.45, 7) is 5.46. The molecular weight excluding hydrogens is 298 g/mol. The van der Waals surface area contributed by atoms with Crippen molar-refractivity contribution in [2.24, 2.45) is 0 Å². The summed E-state index contributed by atoms with van der Waals surface area (Å²) in [5.41, 5.74) is 2.59. The fraction of sp³-hybridized carbons (Fsp3) is 0.412. The summed E-state index contributed by atoms with van der Waals surface area (Å²) in [6.07, 6.45) is 1.15. The molecule has 21 heavy (non-hydrogen) atoms. The third kappa shape index (κ3) is 4.77. The van der Waals surface area contributed by atoms with Gasteiger partial charge in [-0.25, -0.2) is 0 Å².